The third-order valence-electron chi connectivity index (χ3n) is 3.08. The maximum atomic E-state index is 12.0. The summed E-state index contributed by atoms with van der Waals surface area (Å²) in [4.78, 5) is 16.5. The second-order valence-corrected chi connectivity index (χ2v) is 5.39. The summed E-state index contributed by atoms with van der Waals surface area (Å²) in [7, 11) is 0. The fraction of sp³-hybridized carbons (Fsp3) is 0.538. The molecule has 0 radical (unpaired) electrons. The van der Waals surface area contributed by atoms with Crippen molar-refractivity contribution in [3.8, 4) is 11.4 Å². The lowest BCUT2D eigenvalue weighted by atomic mass is 10.1. The number of esters is 1. The second kappa shape index (κ2) is 6.60. The first-order valence-electron chi connectivity index (χ1n) is 6.53. The molecule has 0 spiro atoms. The molecule has 0 N–H and O–H groups in total. The topological polar surface area (TPSA) is 78.1 Å². The first-order valence-corrected chi connectivity index (χ1v) is 7.31. The normalized spacial score (nSPS) is 12.3. The zero-order valence-electron chi connectivity index (χ0n) is 11.8. The monoisotopic (exact) mass is 295 g/mol. The highest BCUT2D eigenvalue weighted by molar-refractivity contribution is 7.08. The van der Waals surface area contributed by atoms with Crippen LogP contribution in [-0.2, 0) is 4.74 Å². The molecule has 20 heavy (non-hydrogen) atoms. The minimum atomic E-state index is -0.404. The van der Waals surface area contributed by atoms with Crippen LogP contribution in [0.4, 0.5) is 0 Å². The molecule has 0 amide bonds. The Bertz CT molecular complexity index is 579. The van der Waals surface area contributed by atoms with Crippen molar-refractivity contribution in [2.45, 2.75) is 33.6 Å². The van der Waals surface area contributed by atoms with Gasteiger partial charge in [-0.3, -0.25) is 0 Å². The van der Waals surface area contributed by atoms with Crippen LogP contribution >= 0.6 is 11.5 Å². The highest BCUT2D eigenvalue weighted by Gasteiger charge is 2.21. The molecule has 6 nitrogen and oxygen atoms in total. The van der Waals surface area contributed by atoms with Crippen molar-refractivity contribution in [3.63, 3.8) is 0 Å². The van der Waals surface area contributed by atoms with Crippen molar-refractivity contribution in [2.75, 3.05) is 6.61 Å². The maximum Gasteiger partial charge on any atom is 0.352 e. The number of oxazole rings is 1. The molecular weight excluding hydrogens is 278 g/mol. The Kier molecular flexibility index (Phi) is 4.84. The van der Waals surface area contributed by atoms with Crippen LogP contribution < -0.4 is 0 Å². The van der Waals surface area contributed by atoms with E-state index < -0.39 is 5.97 Å². The summed E-state index contributed by atoms with van der Waals surface area (Å²) < 4.78 is 14.2. The minimum Gasteiger partial charge on any atom is -0.461 e. The number of rotatable bonds is 6. The first kappa shape index (κ1) is 14.6. The van der Waals surface area contributed by atoms with E-state index in [9.17, 15) is 4.79 Å². The van der Waals surface area contributed by atoms with Gasteiger partial charge in [0.25, 0.3) is 0 Å². The van der Waals surface area contributed by atoms with E-state index in [4.69, 9.17) is 9.15 Å². The largest absolute Gasteiger partial charge is 0.461 e. The zero-order chi connectivity index (χ0) is 14.5. The Labute approximate surface area is 121 Å². The zero-order valence-corrected chi connectivity index (χ0v) is 12.6. The lowest BCUT2D eigenvalue weighted by Crippen LogP contribution is -2.08. The number of aryl methyl sites for hydroxylation is 1. The fourth-order valence-corrected chi connectivity index (χ4v) is 2.16. The average Bonchev–Trinajstić information content (AvgIpc) is 3.06. The molecule has 0 fully saturated rings. The van der Waals surface area contributed by atoms with Crippen LogP contribution in [0.2, 0.25) is 0 Å². The fourth-order valence-electron chi connectivity index (χ4n) is 1.59. The van der Waals surface area contributed by atoms with Gasteiger partial charge in [0.05, 0.1) is 6.61 Å². The number of carbonyl (C=O) groups excluding carboxylic acids is 1. The highest BCUT2D eigenvalue weighted by atomic mass is 32.1. The number of hydrogen-bond donors (Lipinski definition) is 0. The molecular formula is C13H17N3O3S. The van der Waals surface area contributed by atoms with Gasteiger partial charge in [-0.05, 0) is 23.9 Å². The summed E-state index contributed by atoms with van der Waals surface area (Å²) in [5.74, 6) is 0.656. The molecule has 2 aromatic heterocycles. The van der Waals surface area contributed by atoms with Crippen molar-refractivity contribution in [2.24, 2.45) is 5.92 Å². The van der Waals surface area contributed by atoms with Crippen LogP contribution in [0.1, 0.15) is 42.3 Å². The molecule has 0 aliphatic rings. The van der Waals surface area contributed by atoms with E-state index in [0.29, 0.717) is 34.7 Å². The molecule has 0 aromatic carbocycles. The Morgan fingerprint density at radius 3 is 3.00 bits per heavy atom. The molecule has 0 saturated heterocycles. The van der Waals surface area contributed by atoms with Crippen molar-refractivity contribution >= 4 is 17.5 Å². The summed E-state index contributed by atoms with van der Waals surface area (Å²) in [6.07, 6.45) is 3.39. The van der Waals surface area contributed by atoms with Gasteiger partial charge in [0.1, 0.15) is 17.7 Å². The number of aromatic nitrogens is 3. The van der Waals surface area contributed by atoms with Crippen molar-refractivity contribution in [1.82, 2.24) is 14.6 Å². The Morgan fingerprint density at radius 1 is 1.55 bits per heavy atom. The minimum absolute atomic E-state index is 0.363. The van der Waals surface area contributed by atoms with E-state index in [-0.39, 0.29) is 0 Å². The van der Waals surface area contributed by atoms with Gasteiger partial charge < -0.3 is 9.15 Å². The van der Waals surface area contributed by atoms with Crippen molar-refractivity contribution < 1.29 is 13.9 Å². The van der Waals surface area contributed by atoms with Crippen molar-refractivity contribution in [1.29, 1.82) is 0 Å². The molecule has 1 atom stereocenters. The molecule has 0 aliphatic carbocycles. The predicted molar refractivity (Wildman–Crippen MR) is 74.5 cm³/mol. The number of carbonyl (C=O) groups is 1. The predicted octanol–water partition coefficient (Wildman–Crippen LogP) is 3.09. The highest BCUT2D eigenvalue weighted by Crippen LogP contribution is 2.24. The lowest BCUT2D eigenvalue weighted by molar-refractivity contribution is 0.0491. The molecule has 7 heteroatoms. The van der Waals surface area contributed by atoms with Crippen LogP contribution in [0.15, 0.2) is 10.7 Å². The van der Waals surface area contributed by atoms with E-state index in [1.54, 1.807) is 6.92 Å². The van der Waals surface area contributed by atoms with Gasteiger partial charge in [-0.1, -0.05) is 24.8 Å². The molecule has 0 bridgehead atoms. The van der Waals surface area contributed by atoms with Gasteiger partial charge in [0.2, 0.25) is 0 Å². The van der Waals surface area contributed by atoms with Gasteiger partial charge in [0, 0.05) is 6.92 Å². The third-order valence-corrected chi connectivity index (χ3v) is 3.78. The van der Waals surface area contributed by atoms with Gasteiger partial charge in [-0.15, -0.1) is 5.10 Å². The Balaban J connectivity index is 2.02. The van der Waals surface area contributed by atoms with E-state index in [2.05, 4.69) is 28.4 Å². The van der Waals surface area contributed by atoms with Crippen LogP contribution in [0.5, 0.6) is 0 Å². The molecule has 0 saturated carbocycles. The molecule has 1 unspecified atom stereocenters. The first-order chi connectivity index (χ1) is 9.61. The van der Waals surface area contributed by atoms with Gasteiger partial charge in [0.15, 0.2) is 10.8 Å². The lowest BCUT2D eigenvalue weighted by Gasteiger charge is -2.08. The number of ether oxygens (including phenoxy) is 1. The van der Waals surface area contributed by atoms with Crippen molar-refractivity contribution in [3.05, 3.63) is 17.0 Å². The van der Waals surface area contributed by atoms with E-state index >= 15 is 0 Å². The third kappa shape index (κ3) is 3.41. The van der Waals surface area contributed by atoms with E-state index in [1.807, 2.05) is 0 Å². The summed E-state index contributed by atoms with van der Waals surface area (Å²) in [6, 6.07) is 0. The second-order valence-electron chi connectivity index (χ2n) is 4.64. The van der Waals surface area contributed by atoms with Gasteiger partial charge in [-0.2, -0.15) is 0 Å². The summed E-state index contributed by atoms with van der Waals surface area (Å²) >= 11 is 1.01. The van der Waals surface area contributed by atoms with Crippen LogP contribution in [0, 0.1) is 12.8 Å². The van der Waals surface area contributed by atoms with Gasteiger partial charge in [-0.25, -0.2) is 9.78 Å². The maximum absolute atomic E-state index is 12.0. The Morgan fingerprint density at radius 2 is 2.35 bits per heavy atom. The average molecular weight is 295 g/mol. The van der Waals surface area contributed by atoms with Crippen LogP contribution in [0.25, 0.3) is 11.4 Å². The molecule has 2 rings (SSSR count). The quantitative estimate of drug-likeness (QED) is 0.762. The molecule has 108 valence electrons. The molecule has 2 heterocycles. The summed E-state index contributed by atoms with van der Waals surface area (Å²) in [6.45, 7) is 6.38. The Hall–Kier alpha value is -1.76. The van der Waals surface area contributed by atoms with Gasteiger partial charge >= 0.3 is 5.97 Å². The number of nitrogens with zero attached hydrogens (tertiary/aromatic N) is 3. The molecule has 0 aliphatic heterocycles. The SMILES string of the molecule is CCC(C)CCOC(=O)c1snnc1-c1coc(C)n1. The standard InChI is InChI=1S/C13H17N3O3S/c1-4-8(2)5-6-18-13(17)12-11(15-16-20-12)10-7-19-9(3)14-10/h7-8H,4-6H2,1-3H3. The van der Waals surface area contributed by atoms with E-state index in [1.165, 1.54) is 6.26 Å². The summed E-state index contributed by atoms with van der Waals surface area (Å²) in [5.41, 5.74) is 0.922. The van der Waals surface area contributed by atoms with Crippen LogP contribution in [-0.4, -0.2) is 27.1 Å². The van der Waals surface area contributed by atoms with Crippen LogP contribution in [0.3, 0.4) is 0 Å². The smallest absolute Gasteiger partial charge is 0.352 e. The molecule has 2 aromatic rings. The van der Waals surface area contributed by atoms with E-state index in [0.717, 1.165) is 24.4 Å². The number of hydrogen-bond acceptors (Lipinski definition) is 7. The summed E-state index contributed by atoms with van der Waals surface area (Å²) in [5, 5.41) is 3.93.